The second-order valence-corrected chi connectivity index (χ2v) is 3.68. The van der Waals surface area contributed by atoms with E-state index in [0.29, 0.717) is 6.04 Å². The van der Waals surface area contributed by atoms with E-state index in [1.807, 2.05) is 18.2 Å². The zero-order valence-electron chi connectivity index (χ0n) is 8.22. The molecule has 0 N–H and O–H groups in total. The number of benzene rings is 1. The Bertz CT molecular complexity index is 365. The lowest BCUT2D eigenvalue weighted by molar-refractivity contribution is -0.00807. The summed E-state index contributed by atoms with van der Waals surface area (Å²) in [4.78, 5) is 5.53. The third-order valence-electron chi connectivity index (χ3n) is 2.65. The normalized spacial score (nSPS) is 21.1. The van der Waals surface area contributed by atoms with Gasteiger partial charge in [0.2, 0.25) is 0 Å². The lowest BCUT2D eigenvalue weighted by atomic mass is 10.2. The first-order valence-electron chi connectivity index (χ1n) is 4.83. The van der Waals surface area contributed by atoms with Crippen LogP contribution in [0.25, 0.3) is 5.53 Å². The molecule has 0 amide bonds. The van der Waals surface area contributed by atoms with E-state index in [4.69, 9.17) is 5.53 Å². The zero-order valence-corrected chi connectivity index (χ0v) is 8.22. The summed E-state index contributed by atoms with van der Waals surface area (Å²) >= 11 is 0. The van der Waals surface area contributed by atoms with Gasteiger partial charge >= 0.3 is 0 Å². The Morgan fingerprint density at radius 1 is 1.36 bits per heavy atom. The van der Waals surface area contributed by atoms with Crippen molar-refractivity contribution < 1.29 is 4.79 Å². The predicted molar refractivity (Wildman–Crippen MR) is 56.5 cm³/mol. The van der Waals surface area contributed by atoms with Crippen LogP contribution in [0, 0.1) is 0 Å². The van der Waals surface area contributed by atoms with Gasteiger partial charge in [0, 0.05) is 11.7 Å². The van der Waals surface area contributed by atoms with Gasteiger partial charge in [0.1, 0.15) is 6.54 Å². The van der Waals surface area contributed by atoms with Crippen molar-refractivity contribution in [2.24, 2.45) is 0 Å². The topological polar surface area (TPSA) is 39.6 Å². The van der Waals surface area contributed by atoms with Crippen LogP contribution in [0.1, 0.15) is 13.3 Å². The number of para-hydroxylation sites is 1. The molecular formula is C11H13N3. The number of nitrogens with zero attached hydrogens (tertiary/aromatic N) is 3. The smallest absolute Gasteiger partial charge is 0.289 e. The molecule has 0 bridgehead atoms. The molecule has 0 radical (unpaired) electrons. The monoisotopic (exact) mass is 187 g/mol. The van der Waals surface area contributed by atoms with Gasteiger partial charge in [-0.25, -0.2) is 0 Å². The Balaban J connectivity index is 2.25. The molecular weight excluding hydrogens is 174 g/mol. The van der Waals surface area contributed by atoms with Crippen molar-refractivity contribution in [3.8, 4) is 0 Å². The van der Waals surface area contributed by atoms with E-state index in [1.54, 1.807) is 0 Å². The van der Waals surface area contributed by atoms with Crippen molar-refractivity contribution in [3.63, 3.8) is 0 Å². The summed E-state index contributed by atoms with van der Waals surface area (Å²) < 4.78 is 0. The molecule has 72 valence electrons. The summed E-state index contributed by atoms with van der Waals surface area (Å²) in [6, 6.07) is 10.6. The van der Waals surface area contributed by atoms with Gasteiger partial charge in [-0.05, 0) is 19.1 Å². The van der Waals surface area contributed by atoms with E-state index in [2.05, 4.69) is 28.7 Å². The van der Waals surface area contributed by atoms with Crippen LogP contribution in [0.15, 0.2) is 30.3 Å². The highest BCUT2D eigenvalue weighted by molar-refractivity contribution is 5.88. The highest BCUT2D eigenvalue weighted by Crippen LogP contribution is 2.22. The minimum atomic E-state index is 0.420. The van der Waals surface area contributed by atoms with Crippen LogP contribution in [-0.4, -0.2) is 23.1 Å². The molecule has 1 fully saturated rings. The summed E-state index contributed by atoms with van der Waals surface area (Å²) in [5.41, 5.74) is 10.8. The van der Waals surface area contributed by atoms with Crippen LogP contribution >= 0.6 is 0 Å². The van der Waals surface area contributed by atoms with Gasteiger partial charge in [-0.3, -0.25) is 0 Å². The minimum Gasteiger partial charge on any atom is -0.362 e. The molecule has 1 aromatic carbocycles. The molecule has 0 spiro atoms. The molecule has 0 saturated carbocycles. The molecule has 1 aromatic rings. The second kappa shape index (κ2) is 3.64. The van der Waals surface area contributed by atoms with Crippen LogP contribution in [0.3, 0.4) is 0 Å². The molecule has 1 saturated heterocycles. The first-order valence-corrected chi connectivity index (χ1v) is 4.83. The van der Waals surface area contributed by atoms with Gasteiger partial charge in [-0.2, -0.15) is 4.79 Å². The van der Waals surface area contributed by atoms with E-state index in [-0.39, 0.29) is 0 Å². The van der Waals surface area contributed by atoms with E-state index in [1.165, 1.54) is 5.69 Å². The molecule has 0 aromatic heterocycles. The average molecular weight is 187 g/mol. The second-order valence-electron chi connectivity index (χ2n) is 3.68. The Labute approximate surface area is 83.6 Å². The number of rotatable bonds is 1. The van der Waals surface area contributed by atoms with E-state index in [0.717, 1.165) is 18.7 Å². The standard InChI is InChI=1S/C11H13N3/c1-9-7-10(13-12)8-14(9)11-5-3-2-4-6-11/h2-6,9H,7-8H2,1H3. The van der Waals surface area contributed by atoms with Crippen molar-refractivity contribution in [2.75, 3.05) is 11.4 Å². The SMILES string of the molecule is CC1CC(=[N+]=[N-])CN1c1ccccc1. The van der Waals surface area contributed by atoms with Crippen molar-refractivity contribution >= 4 is 11.4 Å². The Morgan fingerprint density at radius 2 is 2.07 bits per heavy atom. The van der Waals surface area contributed by atoms with Gasteiger partial charge < -0.3 is 10.4 Å². The predicted octanol–water partition coefficient (Wildman–Crippen LogP) is 1.96. The summed E-state index contributed by atoms with van der Waals surface area (Å²) in [6.07, 6.45) is 0.853. The van der Waals surface area contributed by atoms with Crippen molar-refractivity contribution in [2.45, 2.75) is 19.4 Å². The van der Waals surface area contributed by atoms with Crippen LogP contribution in [-0.2, 0) is 0 Å². The fraction of sp³-hybridized carbons (Fsp3) is 0.364. The lowest BCUT2D eigenvalue weighted by Crippen LogP contribution is -2.26. The van der Waals surface area contributed by atoms with Gasteiger partial charge in [0.05, 0.1) is 6.42 Å². The van der Waals surface area contributed by atoms with Crippen LogP contribution in [0.4, 0.5) is 5.69 Å². The highest BCUT2D eigenvalue weighted by atomic mass is 15.2. The molecule has 1 atom stereocenters. The Hall–Kier alpha value is -1.60. The number of hydrogen-bond donors (Lipinski definition) is 0. The molecule has 2 rings (SSSR count). The molecule has 0 aliphatic carbocycles. The molecule has 14 heavy (non-hydrogen) atoms. The largest absolute Gasteiger partial charge is 0.362 e. The number of hydrogen-bond acceptors (Lipinski definition) is 1. The molecule has 1 unspecified atom stereocenters. The third-order valence-corrected chi connectivity index (χ3v) is 2.65. The first kappa shape index (κ1) is 8.97. The summed E-state index contributed by atoms with van der Waals surface area (Å²) in [7, 11) is 0. The fourth-order valence-corrected chi connectivity index (χ4v) is 1.91. The quantitative estimate of drug-likeness (QED) is 0.489. The van der Waals surface area contributed by atoms with Crippen molar-refractivity contribution in [3.05, 3.63) is 35.9 Å². The maximum Gasteiger partial charge on any atom is 0.289 e. The molecule has 1 aliphatic rings. The lowest BCUT2D eigenvalue weighted by Gasteiger charge is -2.21. The Kier molecular flexibility index (Phi) is 2.33. The fourth-order valence-electron chi connectivity index (χ4n) is 1.91. The maximum atomic E-state index is 8.71. The van der Waals surface area contributed by atoms with E-state index >= 15 is 0 Å². The molecule has 1 heterocycles. The summed E-state index contributed by atoms with van der Waals surface area (Å²) in [5, 5.41) is 0. The van der Waals surface area contributed by atoms with Gasteiger partial charge in [-0.1, -0.05) is 18.2 Å². The van der Waals surface area contributed by atoms with Crippen LogP contribution < -0.4 is 4.90 Å². The first-order chi connectivity index (χ1) is 6.81. The van der Waals surface area contributed by atoms with Gasteiger partial charge in [0.25, 0.3) is 5.71 Å². The third kappa shape index (κ3) is 1.54. The molecule has 3 heteroatoms. The minimum absolute atomic E-state index is 0.420. The highest BCUT2D eigenvalue weighted by Gasteiger charge is 2.30. The molecule has 3 nitrogen and oxygen atoms in total. The maximum absolute atomic E-state index is 8.71. The van der Waals surface area contributed by atoms with Crippen molar-refractivity contribution in [1.29, 1.82) is 0 Å². The van der Waals surface area contributed by atoms with E-state index in [9.17, 15) is 0 Å². The summed E-state index contributed by atoms with van der Waals surface area (Å²) in [6.45, 7) is 2.88. The molecule has 1 aliphatic heterocycles. The van der Waals surface area contributed by atoms with Crippen LogP contribution in [0.5, 0.6) is 0 Å². The van der Waals surface area contributed by atoms with Crippen LogP contribution in [0.2, 0.25) is 0 Å². The zero-order chi connectivity index (χ0) is 9.97. The van der Waals surface area contributed by atoms with Gasteiger partial charge in [-0.15, -0.1) is 0 Å². The summed E-state index contributed by atoms with van der Waals surface area (Å²) in [5.74, 6) is 0. The van der Waals surface area contributed by atoms with Gasteiger partial charge in [0.15, 0.2) is 0 Å². The van der Waals surface area contributed by atoms with E-state index < -0.39 is 0 Å². The Morgan fingerprint density at radius 3 is 2.64 bits per heavy atom. The average Bonchev–Trinajstić information content (AvgIpc) is 2.61. The number of anilines is 1. The van der Waals surface area contributed by atoms with Crippen molar-refractivity contribution in [1.82, 2.24) is 0 Å².